The van der Waals surface area contributed by atoms with Crippen LogP contribution in [-0.2, 0) is 28.0 Å². The third-order valence-electron chi connectivity index (χ3n) is 5.68. The van der Waals surface area contributed by atoms with Gasteiger partial charge in [-0.05, 0) is 31.0 Å². The second-order valence-corrected chi connectivity index (χ2v) is 10.1. The number of nitrogens with one attached hydrogen (secondary N) is 1. The number of halogens is 4. The van der Waals surface area contributed by atoms with Crippen LogP contribution in [0.4, 0.5) is 18.9 Å². The van der Waals surface area contributed by atoms with Crippen molar-refractivity contribution in [3.05, 3.63) is 41.3 Å². The second-order valence-electron chi connectivity index (χ2n) is 7.86. The molecule has 2 fully saturated rings. The number of benzene rings is 1. The van der Waals surface area contributed by atoms with Gasteiger partial charge in [0.1, 0.15) is 0 Å². The minimum atomic E-state index is -4.59. The summed E-state index contributed by atoms with van der Waals surface area (Å²) >= 11 is 5.72. The molecule has 0 amide bonds. The number of nitrogens with zero attached hydrogens (tertiary/aromatic N) is 3. The number of imidazole rings is 1. The number of anilines is 1. The molecule has 0 spiro atoms. The minimum Gasteiger partial charge on any atom is -0.381 e. The van der Waals surface area contributed by atoms with Gasteiger partial charge in [-0.25, -0.2) is 13.4 Å². The van der Waals surface area contributed by atoms with E-state index in [1.807, 2.05) is 0 Å². The van der Waals surface area contributed by atoms with Crippen molar-refractivity contribution in [2.75, 3.05) is 25.0 Å². The van der Waals surface area contributed by atoms with E-state index in [4.69, 9.17) is 16.3 Å². The number of sulfonamides is 1. The van der Waals surface area contributed by atoms with Gasteiger partial charge in [-0.15, -0.1) is 0 Å². The highest BCUT2D eigenvalue weighted by molar-refractivity contribution is 7.89. The van der Waals surface area contributed by atoms with E-state index in [1.54, 1.807) is 11.6 Å². The number of alkyl halides is 3. The van der Waals surface area contributed by atoms with Crippen molar-refractivity contribution in [1.82, 2.24) is 13.9 Å². The largest absolute Gasteiger partial charge is 0.417 e. The van der Waals surface area contributed by atoms with E-state index in [0.29, 0.717) is 6.61 Å². The first-order valence-electron chi connectivity index (χ1n) is 9.79. The lowest BCUT2D eigenvalue weighted by Gasteiger charge is -2.25. The number of rotatable bonds is 5. The fraction of sp³-hybridized carbons (Fsp3) is 0.526. The van der Waals surface area contributed by atoms with Gasteiger partial charge in [0.25, 0.3) is 10.0 Å². The van der Waals surface area contributed by atoms with Crippen molar-refractivity contribution in [3.8, 4) is 0 Å². The summed E-state index contributed by atoms with van der Waals surface area (Å²) in [5.74, 6) is -0.217. The molecule has 0 aliphatic carbocycles. The summed E-state index contributed by atoms with van der Waals surface area (Å²) in [6.45, 7) is 0.869. The lowest BCUT2D eigenvalue weighted by molar-refractivity contribution is -0.137. The highest BCUT2D eigenvalue weighted by Gasteiger charge is 2.45. The molecule has 1 aromatic heterocycles. The van der Waals surface area contributed by atoms with Crippen LogP contribution < -0.4 is 5.32 Å². The van der Waals surface area contributed by atoms with Crippen molar-refractivity contribution in [1.29, 1.82) is 0 Å². The molecule has 0 saturated carbocycles. The van der Waals surface area contributed by atoms with Crippen LogP contribution >= 0.6 is 11.6 Å². The first-order chi connectivity index (χ1) is 14.6. The number of hydrogen-bond donors (Lipinski definition) is 1. The van der Waals surface area contributed by atoms with Crippen molar-refractivity contribution in [2.24, 2.45) is 13.0 Å². The summed E-state index contributed by atoms with van der Waals surface area (Å²) in [7, 11) is -2.16. The quantitative estimate of drug-likeness (QED) is 0.713. The smallest absolute Gasteiger partial charge is 0.381 e. The van der Waals surface area contributed by atoms with Gasteiger partial charge in [0.15, 0.2) is 5.03 Å². The van der Waals surface area contributed by atoms with Gasteiger partial charge in [0.05, 0.1) is 23.0 Å². The average molecular weight is 479 g/mol. The molecule has 3 heterocycles. The summed E-state index contributed by atoms with van der Waals surface area (Å²) in [6.07, 6.45) is -0.299. The van der Waals surface area contributed by atoms with E-state index in [9.17, 15) is 21.6 Å². The molecule has 31 heavy (non-hydrogen) atoms. The number of hydrogen-bond acceptors (Lipinski definition) is 5. The van der Waals surface area contributed by atoms with Crippen LogP contribution in [-0.4, -0.2) is 54.1 Å². The zero-order valence-electron chi connectivity index (χ0n) is 16.6. The van der Waals surface area contributed by atoms with Crippen LogP contribution in [0.15, 0.2) is 35.7 Å². The third-order valence-corrected chi connectivity index (χ3v) is 7.73. The van der Waals surface area contributed by atoms with Gasteiger partial charge in [-0.3, -0.25) is 0 Å². The predicted molar refractivity (Wildman–Crippen MR) is 108 cm³/mol. The standard InChI is InChI=1S/C19H22ClF3N4O3S/c1-26-10-18(24-11-26)31(28,29)27-8-13(17-3-2-6-30-17)16(9-27)25-12-4-5-15(20)14(7-12)19(21,22)23/h4-5,7,10-11,13,16-17,25H,2-3,6,8-9H2,1H3/t13-,16-,17?/m1/s1. The Morgan fingerprint density at radius 1 is 1.29 bits per heavy atom. The van der Waals surface area contributed by atoms with Crippen molar-refractivity contribution in [3.63, 3.8) is 0 Å². The molecule has 1 N–H and O–H groups in total. The Hall–Kier alpha value is -1.82. The fourth-order valence-corrected chi connectivity index (χ4v) is 5.85. The molecule has 1 unspecified atom stereocenters. The summed E-state index contributed by atoms with van der Waals surface area (Å²) in [6, 6.07) is 3.17. The molecule has 3 atom stereocenters. The maximum absolute atomic E-state index is 13.2. The Labute approximate surface area is 183 Å². The minimum absolute atomic E-state index is 0.0624. The molecule has 0 bridgehead atoms. The van der Waals surface area contributed by atoms with Gasteiger partial charge in [0, 0.05) is 50.6 Å². The molecular weight excluding hydrogens is 457 g/mol. The summed E-state index contributed by atoms with van der Waals surface area (Å²) in [4.78, 5) is 3.95. The van der Waals surface area contributed by atoms with E-state index in [1.165, 1.54) is 29.0 Å². The fourth-order valence-electron chi connectivity index (χ4n) is 4.16. The van der Waals surface area contributed by atoms with E-state index in [0.717, 1.165) is 18.9 Å². The highest BCUT2D eigenvalue weighted by Crippen LogP contribution is 2.38. The molecule has 2 saturated heterocycles. The van der Waals surface area contributed by atoms with E-state index in [-0.39, 0.29) is 40.8 Å². The van der Waals surface area contributed by atoms with Gasteiger partial charge >= 0.3 is 6.18 Å². The molecule has 7 nitrogen and oxygen atoms in total. The summed E-state index contributed by atoms with van der Waals surface area (Å²) in [5, 5.41) is 2.64. The van der Waals surface area contributed by atoms with Crippen molar-refractivity contribution < 1.29 is 26.3 Å². The molecule has 170 valence electrons. The molecule has 1 aromatic carbocycles. The Balaban J connectivity index is 1.61. The van der Waals surface area contributed by atoms with E-state index < -0.39 is 27.8 Å². The molecule has 2 aromatic rings. The topological polar surface area (TPSA) is 76.5 Å². The molecule has 2 aliphatic rings. The average Bonchev–Trinajstić information content (AvgIpc) is 3.42. The highest BCUT2D eigenvalue weighted by atomic mass is 35.5. The summed E-state index contributed by atoms with van der Waals surface area (Å²) < 4.78 is 74.5. The molecule has 12 heteroatoms. The van der Waals surface area contributed by atoms with E-state index >= 15 is 0 Å². The number of ether oxygens (including phenoxy) is 1. The summed E-state index contributed by atoms with van der Waals surface area (Å²) in [5.41, 5.74) is -0.717. The van der Waals surface area contributed by atoms with Gasteiger partial charge in [-0.1, -0.05) is 11.6 Å². The first-order valence-corrected chi connectivity index (χ1v) is 11.6. The Morgan fingerprint density at radius 2 is 2.06 bits per heavy atom. The third kappa shape index (κ3) is 4.55. The van der Waals surface area contributed by atoms with Crippen LogP contribution in [0.3, 0.4) is 0 Å². The molecule has 4 rings (SSSR count). The zero-order chi connectivity index (χ0) is 22.4. The lowest BCUT2D eigenvalue weighted by Crippen LogP contribution is -2.35. The Bertz CT molecular complexity index is 1050. The maximum atomic E-state index is 13.2. The second kappa shape index (κ2) is 8.27. The van der Waals surface area contributed by atoms with Crippen molar-refractivity contribution >= 4 is 27.3 Å². The van der Waals surface area contributed by atoms with Gasteiger partial charge in [0.2, 0.25) is 0 Å². The normalized spacial score (nSPS) is 25.3. The Morgan fingerprint density at radius 3 is 2.68 bits per heavy atom. The van der Waals surface area contributed by atoms with Gasteiger partial charge < -0.3 is 14.6 Å². The molecule has 2 aliphatic heterocycles. The van der Waals surface area contributed by atoms with Crippen LogP contribution in [0.25, 0.3) is 0 Å². The van der Waals surface area contributed by atoms with Crippen LogP contribution in [0, 0.1) is 5.92 Å². The number of aromatic nitrogens is 2. The van der Waals surface area contributed by atoms with Crippen LogP contribution in [0.1, 0.15) is 18.4 Å². The first kappa shape index (κ1) is 22.4. The van der Waals surface area contributed by atoms with Crippen LogP contribution in [0.5, 0.6) is 0 Å². The number of aryl methyl sites for hydroxylation is 1. The predicted octanol–water partition coefficient (Wildman–Crippen LogP) is 3.37. The molecular formula is C19H22ClF3N4O3S. The Kier molecular flexibility index (Phi) is 5.97. The maximum Gasteiger partial charge on any atom is 0.417 e. The van der Waals surface area contributed by atoms with Gasteiger partial charge in [-0.2, -0.15) is 17.5 Å². The SMILES string of the molecule is Cn1cnc(S(=O)(=O)N2C[C@@H](Nc3ccc(Cl)c(C(F)(F)F)c3)[C@H](C3CCCO3)C2)c1. The van der Waals surface area contributed by atoms with Crippen LogP contribution in [0.2, 0.25) is 5.02 Å². The van der Waals surface area contributed by atoms with Crippen molar-refractivity contribution in [2.45, 2.75) is 36.2 Å². The monoisotopic (exact) mass is 478 g/mol. The zero-order valence-corrected chi connectivity index (χ0v) is 18.2. The van der Waals surface area contributed by atoms with E-state index in [2.05, 4.69) is 10.3 Å². The lowest BCUT2D eigenvalue weighted by atomic mass is 9.94. The molecule has 0 radical (unpaired) electrons.